The Balaban J connectivity index is 2.57. The van der Waals surface area contributed by atoms with E-state index in [1.807, 2.05) is 6.92 Å². The quantitative estimate of drug-likeness (QED) is 0.578. The van der Waals surface area contributed by atoms with Crippen molar-refractivity contribution in [2.24, 2.45) is 4.99 Å². The van der Waals surface area contributed by atoms with Crippen LogP contribution in [-0.4, -0.2) is 30.3 Å². The number of hydrogen-bond donors (Lipinski definition) is 1. The summed E-state index contributed by atoms with van der Waals surface area (Å²) in [6.07, 6.45) is 2.25. The van der Waals surface area contributed by atoms with E-state index in [1.165, 1.54) is 6.40 Å². The van der Waals surface area contributed by atoms with E-state index in [2.05, 4.69) is 4.99 Å². The monoisotopic (exact) mass is 129 g/mol. The molecule has 0 saturated heterocycles. The first-order valence-electron chi connectivity index (χ1n) is 3.09. The summed E-state index contributed by atoms with van der Waals surface area (Å²) in [5.74, 6) is 0. The van der Waals surface area contributed by atoms with Crippen LogP contribution in [0.4, 0.5) is 0 Å². The second-order valence-corrected chi connectivity index (χ2v) is 2.28. The molecule has 1 unspecified atom stereocenters. The molecule has 1 atom stereocenters. The molecule has 0 bridgehead atoms. The topological polar surface area (TPSA) is 41.8 Å². The van der Waals surface area contributed by atoms with Crippen molar-refractivity contribution in [2.75, 3.05) is 13.2 Å². The molecular weight excluding hydrogens is 118 g/mol. The first-order chi connectivity index (χ1) is 4.33. The number of rotatable bonds is 2. The molecule has 0 aromatic rings. The van der Waals surface area contributed by atoms with Crippen molar-refractivity contribution >= 4 is 6.40 Å². The average Bonchev–Trinajstić information content (AvgIpc) is 2.36. The van der Waals surface area contributed by atoms with Gasteiger partial charge in [-0.05, 0) is 6.42 Å². The molecule has 1 aliphatic rings. The van der Waals surface area contributed by atoms with Gasteiger partial charge in [0.2, 0.25) is 0 Å². The standard InChI is InChI=1S/C6H11NO2/c1-2-6(3-8)4-9-5-7-6/h5,8H,2-4H2,1H3. The molecule has 0 fully saturated rings. The lowest BCUT2D eigenvalue weighted by Crippen LogP contribution is -2.31. The molecule has 0 aliphatic carbocycles. The lowest BCUT2D eigenvalue weighted by atomic mass is 10.0. The lowest BCUT2D eigenvalue weighted by Gasteiger charge is -2.17. The van der Waals surface area contributed by atoms with E-state index in [0.29, 0.717) is 6.61 Å². The van der Waals surface area contributed by atoms with Gasteiger partial charge in [-0.1, -0.05) is 6.92 Å². The second kappa shape index (κ2) is 2.35. The van der Waals surface area contributed by atoms with Gasteiger partial charge in [-0.25, -0.2) is 4.99 Å². The fourth-order valence-electron chi connectivity index (χ4n) is 0.770. The van der Waals surface area contributed by atoms with Crippen molar-refractivity contribution in [1.29, 1.82) is 0 Å². The van der Waals surface area contributed by atoms with Gasteiger partial charge in [0.15, 0.2) is 6.40 Å². The van der Waals surface area contributed by atoms with E-state index < -0.39 is 0 Å². The molecule has 0 amide bonds. The molecule has 1 aliphatic heterocycles. The van der Waals surface area contributed by atoms with Crippen LogP contribution in [-0.2, 0) is 4.74 Å². The van der Waals surface area contributed by atoms with Crippen LogP contribution in [0.3, 0.4) is 0 Å². The molecule has 0 radical (unpaired) electrons. The zero-order chi connectivity index (χ0) is 6.74. The van der Waals surface area contributed by atoms with E-state index in [1.54, 1.807) is 0 Å². The maximum atomic E-state index is 8.82. The largest absolute Gasteiger partial charge is 0.481 e. The Morgan fingerprint density at radius 1 is 1.89 bits per heavy atom. The summed E-state index contributed by atoms with van der Waals surface area (Å²) < 4.78 is 4.89. The SMILES string of the molecule is CCC1(CO)COC=N1. The van der Waals surface area contributed by atoms with E-state index >= 15 is 0 Å². The second-order valence-electron chi connectivity index (χ2n) is 2.28. The van der Waals surface area contributed by atoms with Crippen LogP contribution in [0.15, 0.2) is 4.99 Å². The minimum atomic E-state index is -0.319. The van der Waals surface area contributed by atoms with E-state index in [4.69, 9.17) is 9.84 Å². The van der Waals surface area contributed by atoms with Crippen LogP contribution in [0.1, 0.15) is 13.3 Å². The molecule has 3 nitrogen and oxygen atoms in total. The van der Waals surface area contributed by atoms with Crippen LogP contribution >= 0.6 is 0 Å². The first-order valence-corrected chi connectivity index (χ1v) is 3.09. The summed E-state index contributed by atoms with van der Waals surface area (Å²) >= 11 is 0. The Kier molecular flexibility index (Phi) is 1.71. The highest BCUT2D eigenvalue weighted by Crippen LogP contribution is 2.18. The average molecular weight is 129 g/mol. The van der Waals surface area contributed by atoms with Gasteiger partial charge >= 0.3 is 0 Å². The van der Waals surface area contributed by atoms with Gasteiger partial charge in [0.1, 0.15) is 12.1 Å². The van der Waals surface area contributed by atoms with E-state index in [9.17, 15) is 0 Å². The summed E-state index contributed by atoms with van der Waals surface area (Å²) in [4.78, 5) is 4.01. The lowest BCUT2D eigenvalue weighted by molar-refractivity contribution is 0.155. The number of aliphatic hydroxyl groups is 1. The molecule has 0 saturated carbocycles. The number of aliphatic imine (C=N–C) groups is 1. The summed E-state index contributed by atoms with van der Waals surface area (Å²) in [7, 11) is 0. The van der Waals surface area contributed by atoms with Gasteiger partial charge in [0.25, 0.3) is 0 Å². The summed E-state index contributed by atoms with van der Waals surface area (Å²) in [6, 6.07) is 0. The molecule has 9 heavy (non-hydrogen) atoms. The van der Waals surface area contributed by atoms with Crippen molar-refractivity contribution in [2.45, 2.75) is 18.9 Å². The Bertz CT molecular complexity index is 118. The van der Waals surface area contributed by atoms with Gasteiger partial charge in [0, 0.05) is 0 Å². The Hall–Kier alpha value is -0.570. The molecule has 1 N–H and O–H groups in total. The van der Waals surface area contributed by atoms with Crippen molar-refractivity contribution in [3.63, 3.8) is 0 Å². The highest BCUT2D eigenvalue weighted by molar-refractivity contribution is 5.50. The fraction of sp³-hybridized carbons (Fsp3) is 0.833. The van der Waals surface area contributed by atoms with Crippen LogP contribution in [0.5, 0.6) is 0 Å². The minimum absolute atomic E-state index is 0.0833. The highest BCUT2D eigenvalue weighted by Gasteiger charge is 2.29. The molecule has 0 aromatic heterocycles. The third-order valence-electron chi connectivity index (χ3n) is 1.71. The normalized spacial score (nSPS) is 32.7. The number of hydrogen-bond acceptors (Lipinski definition) is 3. The molecule has 3 heteroatoms. The Morgan fingerprint density at radius 3 is 2.89 bits per heavy atom. The van der Waals surface area contributed by atoms with Crippen LogP contribution < -0.4 is 0 Å². The van der Waals surface area contributed by atoms with E-state index in [0.717, 1.165) is 6.42 Å². The fourth-order valence-corrected chi connectivity index (χ4v) is 0.770. The molecular formula is C6H11NO2. The van der Waals surface area contributed by atoms with Crippen molar-refractivity contribution in [3.05, 3.63) is 0 Å². The maximum absolute atomic E-state index is 8.82. The van der Waals surface area contributed by atoms with Crippen LogP contribution in [0.2, 0.25) is 0 Å². The van der Waals surface area contributed by atoms with Crippen molar-refractivity contribution in [3.8, 4) is 0 Å². The third kappa shape index (κ3) is 1.05. The van der Waals surface area contributed by atoms with Crippen molar-refractivity contribution in [1.82, 2.24) is 0 Å². The molecule has 1 rings (SSSR count). The van der Waals surface area contributed by atoms with Crippen molar-refractivity contribution < 1.29 is 9.84 Å². The zero-order valence-electron chi connectivity index (χ0n) is 5.50. The van der Waals surface area contributed by atoms with Gasteiger partial charge in [0.05, 0.1) is 6.61 Å². The summed E-state index contributed by atoms with van der Waals surface area (Å²) in [5, 5.41) is 8.82. The van der Waals surface area contributed by atoms with Crippen LogP contribution in [0.25, 0.3) is 0 Å². The molecule has 0 aromatic carbocycles. The van der Waals surface area contributed by atoms with Gasteiger partial charge in [-0.15, -0.1) is 0 Å². The van der Waals surface area contributed by atoms with E-state index in [-0.39, 0.29) is 12.1 Å². The minimum Gasteiger partial charge on any atom is -0.481 e. The van der Waals surface area contributed by atoms with Gasteiger partial charge in [-0.2, -0.15) is 0 Å². The van der Waals surface area contributed by atoms with Gasteiger partial charge in [-0.3, -0.25) is 0 Å². The highest BCUT2D eigenvalue weighted by atomic mass is 16.5. The summed E-state index contributed by atoms with van der Waals surface area (Å²) in [6.45, 7) is 2.60. The molecule has 1 heterocycles. The smallest absolute Gasteiger partial charge is 0.170 e. The predicted molar refractivity (Wildman–Crippen MR) is 34.6 cm³/mol. The number of nitrogens with zero attached hydrogens (tertiary/aromatic N) is 1. The third-order valence-corrected chi connectivity index (χ3v) is 1.71. The van der Waals surface area contributed by atoms with Gasteiger partial charge < -0.3 is 9.84 Å². The Labute approximate surface area is 54.4 Å². The summed E-state index contributed by atoms with van der Waals surface area (Å²) in [5.41, 5.74) is -0.319. The zero-order valence-corrected chi connectivity index (χ0v) is 5.50. The molecule has 52 valence electrons. The Morgan fingerprint density at radius 2 is 2.67 bits per heavy atom. The predicted octanol–water partition coefficient (Wildman–Crippen LogP) is 0.186. The maximum Gasteiger partial charge on any atom is 0.170 e. The number of ether oxygens (including phenoxy) is 1. The molecule has 0 spiro atoms. The number of aliphatic hydroxyl groups excluding tert-OH is 1. The first kappa shape index (κ1) is 6.55. The van der Waals surface area contributed by atoms with Crippen LogP contribution in [0, 0.1) is 0 Å².